The van der Waals surface area contributed by atoms with Crippen LogP contribution in [-0.4, -0.2) is 18.4 Å². The van der Waals surface area contributed by atoms with Gasteiger partial charge >= 0.3 is 6.18 Å². The van der Waals surface area contributed by atoms with Crippen LogP contribution in [0.5, 0.6) is 0 Å². The van der Waals surface area contributed by atoms with Crippen LogP contribution in [0, 0.1) is 0 Å². The molecule has 0 aromatic rings. The number of alkyl halides is 3. The minimum atomic E-state index is -4.70. The van der Waals surface area contributed by atoms with Crippen LogP contribution in [0.2, 0.25) is 0 Å². The molecule has 0 aromatic carbocycles. The van der Waals surface area contributed by atoms with E-state index in [1.54, 1.807) is 0 Å². The molecule has 0 saturated heterocycles. The zero-order valence-electron chi connectivity index (χ0n) is 6.74. The van der Waals surface area contributed by atoms with E-state index >= 15 is 0 Å². The Bertz CT molecular complexity index is 202. The lowest BCUT2D eigenvalue weighted by Crippen LogP contribution is -2.23. The molecule has 0 spiro atoms. The summed E-state index contributed by atoms with van der Waals surface area (Å²) < 4.78 is 48.3. The molecule has 70 valence electrons. The van der Waals surface area contributed by atoms with Gasteiger partial charge in [0, 0.05) is 6.54 Å². The molecule has 0 heterocycles. The van der Waals surface area contributed by atoms with Gasteiger partial charge in [0.25, 0.3) is 0 Å². The number of rotatable bonds is 2. The summed E-state index contributed by atoms with van der Waals surface area (Å²) in [5.74, 6) is -1.33. The third-order valence-corrected chi connectivity index (χ3v) is 1.06. The summed E-state index contributed by atoms with van der Waals surface area (Å²) in [5.41, 5.74) is -1.44. The number of nitrogens with zero attached hydrogens (tertiary/aromatic N) is 1. The molecule has 0 amide bonds. The van der Waals surface area contributed by atoms with Gasteiger partial charge in [0.1, 0.15) is 5.83 Å². The molecule has 0 radical (unpaired) electrons. The molecule has 0 aromatic heterocycles. The number of aliphatic imine (C=N–C) groups is 1. The van der Waals surface area contributed by atoms with Gasteiger partial charge in [0.05, 0.1) is 0 Å². The molecular weight excluding hydrogens is 174 g/mol. The van der Waals surface area contributed by atoms with E-state index in [9.17, 15) is 17.6 Å². The molecule has 5 heteroatoms. The molecule has 0 fully saturated rings. The number of hydrogen-bond donors (Lipinski definition) is 0. The number of halogens is 4. The molecule has 0 aliphatic heterocycles. The Hall–Kier alpha value is -0.870. The van der Waals surface area contributed by atoms with Gasteiger partial charge in [-0.1, -0.05) is 0 Å². The maximum atomic E-state index is 12.5. The van der Waals surface area contributed by atoms with Gasteiger partial charge in [-0.05, 0) is 19.9 Å². The van der Waals surface area contributed by atoms with Gasteiger partial charge < -0.3 is 0 Å². The van der Waals surface area contributed by atoms with Gasteiger partial charge in [-0.25, -0.2) is 4.39 Å². The summed E-state index contributed by atoms with van der Waals surface area (Å²) in [4.78, 5) is 3.01. The fraction of sp³-hybridized carbons (Fsp3) is 0.571. The summed E-state index contributed by atoms with van der Waals surface area (Å²) >= 11 is 0. The Balaban J connectivity index is 4.82. The highest BCUT2D eigenvalue weighted by atomic mass is 19.4. The van der Waals surface area contributed by atoms with Crippen molar-refractivity contribution in [1.82, 2.24) is 0 Å². The Morgan fingerprint density at radius 1 is 1.42 bits per heavy atom. The van der Waals surface area contributed by atoms with Gasteiger partial charge in [-0.3, -0.25) is 4.99 Å². The van der Waals surface area contributed by atoms with Crippen molar-refractivity contribution in [2.75, 3.05) is 6.54 Å². The van der Waals surface area contributed by atoms with Crippen LogP contribution in [0.3, 0.4) is 0 Å². The zero-order valence-corrected chi connectivity index (χ0v) is 6.74. The quantitative estimate of drug-likeness (QED) is 0.461. The van der Waals surface area contributed by atoms with Crippen LogP contribution in [0.25, 0.3) is 0 Å². The van der Waals surface area contributed by atoms with Gasteiger partial charge in [-0.2, -0.15) is 13.2 Å². The first kappa shape index (κ1) is 11.1. The van der Waals surface area contributed by atoms with Crippen LogP contribution in [0.15, 0.2) is 16.9 Å². The average Bonchev–Trinajstić information content (AvgIpc) is 1.96. The molecule has 0 N–H and O–H groups in total. The van der Waals surface area contributed by atoms with Crippen LogP contribution >= 0.6 is 0 Å². The molecular formula is C7H9F4N. The Labute approximate surface area is 67.8 Å². The fourth-order valence-corrected chi connectivity index (χ4v) is 0.595. The van der Waals surface area contributed by atoms with Crippen molar-refractivity contribution in [3.8, 4) is 0 Å². The van der Waals surface area contributed by atoms with E-state index in [0.29, 0.717) is 0 Å². The lowest BCUT2D eigenvalue weighted by Gasteiger charge is -2.07. The Kier molecular flexibility index (Phi) is 3.92. The van der Waals surface area contributed by atoms with E-state index in [0.717, 1.165) is 6.08 Å². The summed E-state index contributed by atoms with van der Waals surface area (Å²) in [5, 5.41) is 0. The minimum absolute atomic E-state index is 0.0872. The van der Waals surface area contributed by atoms with Crippen LogP contribution in [0.4, 0.5) is 17.6 Å². The first-order valence-electron chi connectivity index (χ1n) is 3.37. The molecule has 0 unspecified atom stereocenters. The maximum Gasteiger partial charge on any atom is 0.435 e. The molecule has 0 atom stereocenters. The molecule has 0 aliphatic carbocycles. The highest BCUT2D eigenvalue weighted by Crippen LogP contribution is 2.22. The Morgan fingerprint density at radius 2 is 1.92 bits per heavy atom. The second-order valence-electron chi connectivity index (χ2n) is 1.96. The lowest BCUT2D eigenvalue weighted by molar-refractivity contribution is -0.0592. The van der Waals surface area contributed by atoms with Gasteiger partial charge in [0.15, 0.2) is 5.71 Å². The second kappa shape index (κ2) is 4.23. The van der Waals surface area contributed by atoms with E-state index in [1.165, 1.54) is 13.8 Å². The van der Waals surface area contributed by atoms with Crippen molar-refractivity contribution in [3.63, 3.8) is 0 Å². The zero-order chi connectivity index (χ0) is 9.78. The molecule has 0 bridgehead atoms. The summed E-state index contributed by atoms with van der Waals surface area (Å²) in [7, 11) is 0. The molecule has 0 rings (SSSR count). The Morgan fingerprint density at radius 3 is 2.17 bits per heavy atom. The van der Waals surface area contributed by atoms with Crippen molar-refractivity contribution in [1.29, 1.82) is 0 Å². The monoisotopic (exact) mass is 183 g/mol. The average molecular weight is 183 g/mol. The third-order valence-electron chi connectivity index (χ3n) is 1.06. The van der Waals surface area contributed by atoms with E-state index < -0.39 is 17.7 Å². The highest BCUT2D eigenvalue weighted by Gasteiger charge is 2.37. The van der Waals surface area contributed by atoms with Crippen LogP contribution < -0.4 is 0 Å². The number of allylic oxidation sites excluding steroid dienone is 2. The van der Waals surface area contributed by atoms with Crippen molar-refractivity contribution in [2.45, 2.75) is 20.0 Å². The summed E-state index contributed by atoms with van der Waals surface area (Å²) in [6.45, 7) is 2.51. The van der Waals surface area contributed by atoms with Gasteiger partial charge in [-0.15, -0.1) is 0 Å². The van der Waals surface area contributed by atoms with E-state index in [2.05, 4.69) is 4.99 Å². The topological polar surface area (TPSA) is 12.4 Å². The molecule has 0 aliphatic rings. The van der Waals surface area contributed by atoms with Crippen molar-refractivity contribution in [3.05, 3.63) is 11.9 Å². The molecule has 12 heavy (non-hydrogen) atoms. The largest absolute Gasteiger partial charge is 0.435 e. The van der Waals surface area contributed by atoms with Crippen molar-refractivity contribution >= 4 is 5.71 Å². The predicted octanol–water partition coefficient (Wildman–Crippen LogP) is 2.88. The highest BCUT2D eigenvalue weighted by molar-refractivity contribution is 6.02. The summed E-state index contributed by atoms with van der Waals surface area (Å²) in [6.07, 6.45) is -3.96. The first-order chi connectivity index (χ1) is 5.43. The normalized spacial score (nSPS) is 15.2. The molecule has 0 saturated carbocycles. The fourth-order valence-electron chi connectivity index (χ4n) is 0.595. The van der Waals surface area contributed by atoms with Crippen molar-refractivity contribution in [2.24, 2.45) is 4.99 Å². The van der Waals surface area contributed by atoms with Crippen LogP contribution in [-0.2, 0) is 0 Å². The second-order valence-corrected chi connectivity index (χ2v) is 1.96. The van der Waals surface area contributed by atoms with E-state index in [4.69, 9.17) is 0 Å². The summed E-state index contributed by atoms with van der Waals surface area (Å²) in [6, 6.07) is 0. The minimum Gasteiger partial charge on any atom is -0.278 e. The number of hydrogen-bond acceptors (Lipinski definition) is 1. The van der Waals surface area contributed by atoms with Crippen molar-refractivity contribution < 1.29 is 17.6 Å². The van der Waals surface area contributed by atoms with Gasteiger partial charge in [0.2, 0.25) is 0 Å². The van der Waals surface area contributed by atoms with E-state index in [1.807, 2.05) is 0 Å². The lowest BCUT2D eigenvalue weighted by atomic mass is 10.3. The molecule has 1 nitrogen and oxygen atoms in total. The maximum absolute atomic E-state index is 12.5. The first-order valence-corrected chi connectivity index (χ1v) is 3.37. The SMILES string of the molecule is C/C=C(/F)C(=NCC)C(F)(F)F. The van der Waals surface area contributed by atoms with Crippen LogP contribution in [0.1, 0.15) is 13.8 Å². The predicted molar refractivity (Wildman–Crippen MR) is 38.9 cm³/mol. The standard InChI is InChI=1S/C7H9F4N/c1-3-5(8)6(12-4-2)7(9,10)11/h3H,4H2,1-2H3/b5-3+,12-6?. The smallest absolute Gasteiger partial charge is 0.278 e. The third kappa shape index (κ3) is 3.02. The van der Waals surface area contributed by atoms with E-state index in [-0.39, 0.29) is 6.54 Å².